The smallest absolute Gasteiger partial charge is 0.251 e. The van der Waals surface area contributed by atoms with Crippen molar-refractivity contribution in [3.05, 3.63) is 100 Å². The number of aromatic hydroxyl groups is 1. The fourth-order valence-electron chi connectivity index (χ4n) is 5.69. The van der Waals surface area contributed by atoms with Gasteiger partial charge in [0.25, 0.3) is 5.91 Å². The molecule has 1 saturated heterocycles. The van der Waals surface area contributed by atoms with Crippen molar-refractivity contribution >= 4 is 29.0 Å². The number of ether oxygens (including phenoxy) is 1. The van der Waals surface area contributed by atoms with E-state index in [1.165, 1.54) is 5.56 Å². The van der Waals surface area contributed by atoms with Crippen molar-refractivity contribution in [2.24, 2.45) is 0 Å². The minimum absolute atomic E-state index is 0.0159. The summed E-state index contributed by atoms with van der Waals surface area (Å²) in [5, 5.41) is 14.5. The molecule has 0 unspecified atom stereocenters. The van der Waals surface area contributed by atoms with Crippen LogP contribution in [0.2, 0.25) is 5.02 Å². The van der Waals surface area contributed by atoms with Crippen molar-refractivity contribution in [1.29, 1.82) is 0 Å². The van der Waals surface area contributed by atoms with Crippen molar-refractivity contribution < 1.29 is 19.4 Å². The predicted molar refractivity (Wildman–Crippen MR) is 161 cm³/mol. The molecule has 0 aliphatic carbocycles. The first-order valence-electron chi connectivity index (χ1n) is 14.0. The van der Waals surface area contributed by atoms with Crippen LogP contribution >= 0.6 is 11.6 Å². The second-order valence-electron chi connectivity index (χ2n) is 10.8. The van der Waals surface area contributed by atoms with E-state index >= 15 is 0 Å². The van der Waals surface area contributed by atoms with Gasteiger partial charge < -0.3 is 25.0 Å². The van der Waals surface area contributed by atoms with E-state index in [1.54, 1.807) is 31.0 Å². The fourth-order valence-corrected chi connectivity index (χ4v) is 5.88. The van der Waals surface area contributed by atoms with Crippen molar-refractivity contribution in [2.75, 3.05) is 26.7 Å². The van der Waals surface area contributed by atoms with Gasteiger partial charge in [0, 0.05) is 50.8 Å². The maximum Gasteiger partial charge on any atom is 0.251 e. The fraction of sp³-hybridized carbons (Fsp3) is 0.333. The molecule has 2 bridgehead atoms. The number of phenols is 1. The summed E-state index contributed by atoms with van der Waals surface area (Å²) in [6.07, 6.45) is 2.36. The Labute approximate surface area is 246 Å². The molecule has 3 aromatic rings. The number of piperazine rings is 1. The Kier molecular flexibility index (Phi) is 8.96. The minimum Gasteiger partial charge on any atom is -0.508 e. The topological polar surface area (TPSA) is 82.1 Å². The summed E-state index contributed by atoms with van der Waals surface area (Å²) in [5.74, 6) is 0.768. The number of hydrogen-bond donors (Lipinski definition) is 2. The first-order valence-corrected chi connectivity index (χ1v) is 14.4. The molecule has 8 heteroatoms. The molecule has 7 nitrogen and oxygen atoms in total. The Hall–Kier alpha value is -3.81. The standard InChI is InChI=1S/C33H36ClN3O4/c1-22(38)37-20-26-18-27(24-15-13-23(14-16-24)8-7-17-41-31-12-6-4-10-28(31)34)32(29(21-37)35-26)33(40)36(2)19-25-9-3-5-11-30(25)39/h3-6,9-16,26,29,35,39H,7-8,17-21H2,1-2H3/t26-,29-/m1/s1. The number of likely N-dealkylation sites (N-methyl/N-ethyl adjacent to an activating group) is 1. The Bertz CT molecular complexity index is 1440. The number of nitrogens with one attached hydrogen (secondary N) is 1. The van der Waals surface area contributed by atoms with Gasteiger partial charge in [0.1, 0.15) is 11.5 Å². The molecule has 0 radical (unpaired) electrons. The number of carbonyl (C=O) groups is 2. The van der Waals surface area contributed by atoms with Crippen molar-refractivity contribution in [2.45, 2.75) is 44.8 Å². The number of para-hydroxylation sites is 2. The van der Waals surface area contributed by atoms with Crippen LogP contribution in [0.5, 0.6) is 11.5 Å². The average molecular weight is 574 g/mol. The van der Waals surface area contributed by atoms with Crippen LogP contribution in [0.4, 0.5) is 0 Å². The van der Waals surface area contributed by atoms with Crippen LogP contribution in [0.1, 0.15) is 36.5 Å². The summed E-state index contributed by atoms with van der Waals surface area (Å²) < 4.78 is 5.83. The summed E-state index contributed by atoms with van der Waals surface area (Å²) in [5.41, 5.74) is 4.60. The molecular weight excluding hydrogens is 538 g/mol. The number of nitrogens with zero attached hydrogens (tertiary/aromatic N) is 2. The van der Waals surface area contributed by atoms with Gasteiger partial charge in [-0.05, 0) is 54.2 Å². The summed E-state index contributed by atoms with van der Waals surface area (Å²) in [6.45, 7) is 3.50. The predicted octanol–water partition coefficient (Wildman–Crippen LogP) is 5.06. The molecule has 3 aromatic carbocycles. The molecular formula is C33H36ClN3O4. The van der Waals surface area contributed by atoms with Crippen molar-refractivity contribution in [1.82, 2.24) is 15.1 Å². The second-order valence-corrected chi connectivity index (χ2v) is 11.2. The van der Waals surface area contributed by atoms with Gasteiger partial charge in [-0.15, -0.1) is 0 Å². The number of amides is 2. The molecule has 214 valence electrons. The Morgan fingerprint density at radius 1 is 1.05 bits per heavy atom. The van der Waals surface area contributed by atoms with Crippen LogP contribution in [0.15, 0.2) is 78.4 Å². The number of hydrogen-bond acceptors (Lipinski definition) is 5. The van der Waals surface area contributed by atoms with E-state index in [2.05, 4.69) is 29.6 Å². The number of fused-ring (bicyclic) bond motifs is 2. The maximum absolute atomic E-state index is 14.0. The number of rotatable bonds is 9. The van der Waals surface area contributed by atoms with Gasteiger partial charge in [-0.3, -0.25) is 9.59 Å². The van der Waals surface area contributed by atoms with E-state index in [4.69, 9.17) is 16.3 Å². The maximum atomic E-state index is 14.0. The van der Waals surface area contributed by atoms with E-state index in [9.17, 15) is 14.7 Å². The lowest BCUT2D eigenvalue weighted by Crippen LogP contribution is -2.61. The Morgan fingerprint density at radius 2 is 1.78 bits per heavy atom. The lowest BCUT2D eigenvalue weighted by molar-refractivity contribution is -0.132. The number of halogens is 1. The van der Waals surface area contributed by atoms with Gasteiger partial charge >= 0.3 is 0 Å². The summed E-state index contributed by atoms with van der Waals surface area (Å²) in [7, 11) is 1.75. The zero-order valence-electron chi connectivity index (χ0n) is 23.5. The normalized spacial score (nSPS) is 18.3. The molecule has 0 aromatic heterocycles. The third kappa shape index (κ3) is 6.75. The molecule has 0 saturated carbocycles. The monoisotopic (exact) mass is 573 g/mol. The van der Waals surface area contributed by atoms with Crippen LogP contribution in [0.25, 0.3) is 5.57 Å². The van der Waals surface area contributed by atoms with Gasteiger partial charge in [-0.2, -0.15) is 0 Å². The first-order chi connectivity index (χ1) is 19.8. The van der Waals surface area contributed by atoms with E-state index in [0.29, 0.717) is 48.0 Å². The highest BCUT2D eigenvalue weighted by Crippen LogP contribution is 2.34. The third-order valence-corrected chi connectivity index (χ3v) is 8.14. The molecule has 2 aliphatic rings. The second kappa shape index (κ2) is 12.8. The van der Waals surface area contributed by atoms with Crippen LogP contribution in [0.3, 0.4) is 0 Å². The van der Waals surface area contributed by atoms with E-state index < -0.39 is 0 Å². The van der Waals surface area contributed by atoms with Gasteiger partial charge in [-0.1, -0.05) is 66.2 Å². The molecule has 41 heavy (non-hydrogen) atoms. The SMILES string of the molecule is CC(=O)N1C[C@H]2CC(c3ccc(CCCOc4ccccc4Cl)cc3)=C(C(=O)N(C)Cc3ccccc3O)[C@@H](C1)N2. The zero-order valence-corrected chi connectivity index (χ0v) is 24.2. The van der Waals surface area contributed by atoms with Gasteiger partial charge in [0.15, 0.2) is 0 Å². The molecule has 0 spiro atoms. The lowest BCUT2D eigenvalue weighted by Gasteiger charge is -2.44. The van der Waals surface area contributed by atoms with Gasteiger partial charge in [-0.25, -0.2) is 0 Å². The van der Waals surface area contributed by atoms with Crippen LogP contribution in [-0.2, 0) is 22.6 Å². The molecule has 2 N–H and O–H groups in total. The van der Waals surface area contributed by atoms with Crippen LogP contribution in [-0.4, -0.2) is 65.5 Å². The van der Waals surface area contributed by atoms with Gasteiger partial charge in [0.05, 0.1) is 17.7 Å². The number of carbonyl (C=O) groups excluding carboxylic acids is 2. The molecule has 2 aliphatic heterocycles. The number of benzene rings is 3. The quantitative estimate of drug-likeness (QED) is 0.350. The summed E-state index contributed by atoms with van der Waals surface area (Å²) >= 11 is 6.18. The van der Waals surface area contributed by atoms with E-state index in [1.807, 2.05) is 41.3 Å². The van der Waals surface area contributed by atoms with Crippen LogP contribution < -0.4 is 10.1 Å². The summed E-state index contributed by atoms with van der Waals surface area (Å²) in [4.78, 5) is 29.7. The number of phenolic OH excluding ortho intramolecular Hbond substituents is 1. The van der Waals surface area contributed by atoms with Crippen LogP contribution in [0, 0.1) is 0 Å². The zero-order chi connectivity index (χ0) is 28.9. The minimum atomic E-state index is -0.262. The first kappa shape index (κ1) is 28.7. The molecule has 2 heterocycles. The summed E-state index contributed by atoms with van der Waals surface area (Å²) in [6, 6.07) is 22.8. The van der Waals surface area contributed by atoms with Crippen molar-refractivity contribution in [3.8, 4) is 11.5 Å². The highest BCUT2D eigenvalue weighted by molar-refractivity contribution is 6.32. The largest absolute Gasteiger partial charge is 0.508 e. The Balaban J connectivity index is 1.34. The Morgan fingerprint density at radius 3 is 2.51 bits per heavy atom. The van der Waals surface area contributed by atoms with Crippen molar-refractivity contribution in [3.63, 3.8) is 0 Å². The highest BCUT2D eigenvalue weighted by Gasteiger charge is 2.39. The number of aryl methyl sites for hydroxylation is 1. The molecule has 2 amide bonds. The average Bonchev–Trinajstić information content (AvgIpc) is 2.97. The molecule has 2 atom stereocenters. The lowest BCUT2D eigenvalue weighted by atomic mass is 9.82. The highest BCUT2D eigenvalue weighted by atomic mass is 35.5. The third-order valence-electron chi connectivity index (χ3n) is 7.83. The molecule has 5 rings (SSSR count). The van der Waals surface area contributed by atoms with E-state index in [0.717, 1.165) is 24.0 Å². The molecule has 1 fully saturated rings. The van der Waals surface area contributed by atoms with E-state index in [-0.39, 0.29) is 36.2 Å². The van der Waals surface area contributed by atoms with Gasteiger partial charge in [0.2, 0.25) is 5.91 Å².